The monoisotopic (exact) mass is 304 g/mol. The zero-order valence-electron chi connectivity index (χ0n) is 12.2. The Bertz CT molecular complexity index is 679. The second-order valence-electron chi connectivity index (χ2n) is 4.34. The summed E-state index contributed by atoms with van der Waals surface area (Å²) in [6, 6.07) is 3.81. The Hall–Kier alpha value is -2.08. The van der Waals surface area contributed by atoms with Crippen molar-refractivity contribution in [1.29, 1.82) is 0 Å². The summed E-state index contributed by atoms with van der Waals surface area (Å²) in [5.41, 5.74) is 1.82. The molecule has 0 aromatic carbocycles. The van der Waals surface area contributed by atoms with Crippen LogP contribution in [0.3, 0.4) is 0 Å². The Kier molecular flexibility index (Phi) is 4.80. The summed E-state index contributed by atoms with van der Waals surface area (Å²) in [5.74, 6) is -0.769. The molecule has 0 saturated heterocycles. The standard InChI is InChI=1S/C15H16N2O3S/c1-4-10-7-6-8-16-11(10)14-17-12(15(19)20-5-2)13(21-14)9(3)18/h6-8H,4-5H2,1-3H3. The van der Waals surface area contributed by atoms with Crippen LogP contribution in [0.1, 0.15) is 46.5 Å². The molecule has 0 saturated carbocycles. The molecular weight excluding hydrogens is 288 g/mol. The topological polar surface area (TPSA) is 69.2 Å². The molecular formula is C15H16N2O3S. The summed E-state index contributed by atoms with van der Waals surface area (Å²) in [6.07, 6.45) is 2.47. The molecule has 5 nitrogen and oxygen atoms in total. The number of aryl methyl sites for hydroxylation is 1. The number of aromatic nitrogens is 2. The molecule has 0 spiro atoms. The average Bonchev–Trinajstić information content (AvgIpc) is 2.92. The molecule has 110 valence electrons. The SMILES string of the molecule is CCOC(=O)c1nc(-c2ncccc2CC)sc1C(C)=O. The fourth-order valence-corrected chi connectivity index (χ4v) is 2.89. The van der Waals surface area contributed by atoms with Crippen molar-refractivity contribution in [2.45, 2.75) is 27.2 Å². The molecule has 0 N–H and O–H groups in total. The van der Waals surface area contributed by atoms with Gasteiger partial charge in [0.15, 0.2) is 11.5 Å². The number of hydrogen-bond donors (Lipinski definition) is 0. The molecule has 2 aromatic heterocycles. The Balaban J connectivity index is 2.54. The Labute approximate surface area is 127 Å². The fraction of sp³-hybridized carbons (Fsp3) is 0.333. The largest absolute Gasteiger partial charge is 0.461 e. The van der Waals surface area contributed by atoms with Gasteiger partial charge < -0.3 is 4.74 Å². The van der Waals surface area contributed by atoms with E-state index in [-0.39, 0.29) is 18.1 Å². The number of rotatable bonds is 5. The maximum atomic E-state index is 11.9. The van der Waals surface area contributed by atoms with E-state index in [1.165, 1.54) is 18.3 Å². The minimum atomic E-state index is -0.570. The molecule has 2 rings (SSSR count). The lowest BCUT2D eigenvalue weighted by Gasteiger charge is -2.02. The van der Waals surface area contributed by atoms with Crippen molar-refractivity contribution in [2.75, 3.05) is 6.61 Å². The van der Waals surface area contributed by atoms with Gasteiger partial charge in [0.05, 0.1) is 6.61 Å². The normalized spacial score (nSPS) is 10.4. The number of ketones is 1. The van der Waals surface area contributed by atoms with Crippen LogP contribution < -0.4 is 0 Å². The van der Waals surface area contributed by atoms with E-state index in [2.05, 4.69) is 9.97 Å². The number of Topliss-reactive ketones (excluding diaryl/α,β-unsaturated/α-hetero) is 1. The average molecular weight is 304 g/mol. The van der Waals surface area contributed by atoms with Gasteiger partial charge in [-0.1, -0.05) is 13.0 Å². The van der Waals surface area contributed by atoms with Crippen LogP contribution in [0.5, 0.6) is 0 Å². The Morgan fingerprint density at radius 2 is 2.10 bits per heavy atom. The highest BCUT2D eigenvalue weighted by molar-refractivity contribution is 7.17. The number of carbonyl (C=O) groups excluding carboxylic acids is 2. The van der Waals surface area contributed by atoms with Gasteiger partial charge in [0.2, 0.25) is 0 Å². The minimum Gasteiger partial charge on any atom is -0.461 e. The van der Waals surface area contributed by atoms with Crippen molar-refractivity contribution in [3.63, 3.8) is 0 Å². The quantitative estimate of drug-likeness (QED) is 0.627. The van der Waals surface area contributed by atoms with Gasteiger partial charge in [0.1, 0.15) is 15.6 Å². The smallest absolute Gasteiger partial charge is 0.358 e. The van der Waals surface area contributed by atoms with Gasteiger partial charge in [0, 0.05) is 13.1 Å². The van der Waals surface area contributed by atoms with Gasteiger partial charge in [-0.25, -0.2) is 9.78 Å². The zero-order valence-corrected chi connectivity index (χ0v) is 13.0. The molecule has 2 heterocycles. The number of esters is 1. The first-order valence-corrected chi connectivity index (χ1v) is 7.53. The van der Waals surface area contributed by atoms with Gasteiger partial charge in [-0.05, 0) is 25.0 Å². The van der Waals surface area contributed by atoms with E-state index in [9.17, 15) is 9.59 Å². The second kappa shape index (κ2) is 6.58. The molecule has 0 bridgehead atoms. The summed E-state index contributed by atoms with van der Waals surface area (Å²) in [4.78, 5) is 32.6. The Morgan fingerprint density at radius 3 is 2.71 bits per heavy atom. The molecule has 0 aliphatic carbocycles. The van der Waals surface area contributed by atoms with Crippen LogP contribution in [0.4, 0.5) is 0 Å². The van der Waals surface area contributed by atoms with Crippen LogP contribution in [0.2, 0.25) is 0 Å². The molecule has 0 aliphatic rings. The Morgan fingerprint density at radius 1 is 1.33 bits per heavy atom. The summed E-state index contributed by atoms with van der Waals surface area (Å²) in [7, 11) is 0. The maximum Gasteiger partial charge on any atom is 0.358 e. The van der Waals surface area contributed by atoms with Crippen LogP contribution in [0.25, 0.3) is 10.7 Å². The van der Waals surface area contributed by atoms with E-state index in [0.29, 0.717) is 15.6 Å². The number of pyridine rings is 1. The highest BCUT2D eigenvalue weighted by Gasteiger charge is 2.23. The molecule has 6 heteroatoms. The van der Waals surface area contributed by atoms with E-state index < -0.39 is 5.97 Å². The lowest BCUT2D eigenvalue weighted by Crippen LogP contribution is -2.09. The van der Waals surface area contributed by atoms with Crippen molar-refractivity contribution >= 4 is 23.1 Å². The minimum absolute atomic E-state index is 0.0806. The molecule has 21 heavy (non-hydrogen) atoms. The number of nitrogens with zero attached hydrogens (tertiary/aromatic N) is 2. The molecule has 0 radical (unpaired) electrons. The fourth-order valence-electron chi connectivity index (χ4n) is 1.91. The molecule has 0 atom stereocenters. The van der Waals surface area contributed by atoms with E-state index in [4.69, 9.17) is 4.74 Å². The van der Waals surface area contributed by atoms with Gasteiger partial charge in [-0.2, -0.15) is 0 Å². The van der Waals surface area contributed by atoms with Gasteiger partial charge in [0.25, 0.3) is 0 Å². The zero-order chi connectivity index (χ0) is 15.4. The first-order chi connectivity index (χ1) is 10.1. The van der Waals surface area contributed by atoms with E-state index in [0.717, 1.165) is 12.0 Å². The highest BCUT2D eigenvalue weighted by atomic mass is 32.1. The third-order valence-electron chi connectivity index (χ3n) is 2.89. The summed E-state index contributed by atoms with van der Waals surface area (Å²) in [6.45, 7) is 5.39. The van der Waals surface area contributed by atoms with Crippen LogP contribution in [0.15, 0.2) is 18.3 Å². The first kappa shape index (κ1) is 15.3. The van der Waals surface area contributed by atoms with E-state index in [1.54, 1.807) is 13.1 Å². The highest BCUT2D eigenvalue weighted by Crippen LogP contribution is 2.30. The van der Waals surface area contributed by atoms with E-state index >= 15 is 0 Å². The molecule has 0 unspecified atom stereocenters. The number of ether oxygens (including phenoxy) is 1. The van der Waals surface area contributed by atoms with Gasteiger partial charge >= 0.3 is 5.97 Å². The second-order valence-corrected chi connectivity index (χ2v) is 5.34. The van der Waals surface area contributed by atoms with Crippen molar-refractivity contribution < 1.29 is 14.3 Å². The van der Waals surface area contributed by atoms with Crippen LogP contribution >= 0.6 is 11.3 Å². The number of hydrogen-bond acceptors (Lipinski definition) is 6. The van der Waals surface area contributed by atoms with E-state index in [1.807, 2.05) is 19.1 Å². The van der Waals surface area contributed by atoms with Gasteiger partial charge in [-0.15, -0.1) is 11.3 Å². The molecule has 0 fully saturated rings. The van der Waals surface area contributed by atoms with Crippen molar-refractivity contribution in [2.24, 2.45) is 0 Å². The molecule has 2 aromatic rings. The summed E-state index contributed by atoms with van der Waals surface area (Å²) >= 11 is 1.18. The third-order valence-corrected chi connectivity index (χ3v) is 4.05. The van der Waals surface area contributed by atoms with Crippen molar-refractivity contribution in [3.05, 3.63) is 34.5 Å². The number of carbonyl (C=O) groups is 2. The van der Waals surface area contributed by atoms with Gasteiger partial charge in [-0.3, -0.25) is 9.78 Å². The third kappa shape index (κ3) is 3.16. The lowest BCUT2D eigenvalue weighted by atomic mass is 10.1. The first-order valence-electron chi connectivity index (χ1n) is 6.71. The predicted octanol–water partition coefficient (Wildman–Crippen LogP) is 3.15. The maximum absolute atomic E-state index is 11.9. The van der Waals surface area contributed by atoms with Crippen LogP contribution in [-0.2, 0) is 11.2 Å². The summed E-state index contributed by atoms with van der Waals surface area (Å²) < 4.78 is 4.96. The number of thiazole rings is 1. The van der Waals surface area contributed by atoms with Crippen molar-refractivity contribution in [3.8, 4) is 10.7 Å². The lowest BCUT2D eigenvalue weighted by molar-refractivity contribution is 0.0517. The van der Waals surface area contributed by atoms with Crippen LogP contribution in [0, 0.1) is 0 Å². The molecule has 0 amide bonds. The summed E-state index contributed by atoms with van der Waals surface area (Å²) in [5, 5.41) is 0.570. The predicted molar refractivity (Wildman–Crippen MR) is 80.7 cm³/mol. The molecule has 0 aliphatic heterocycles. The van der Waals surface area contributed by atoms with Crippen molar-refractivity contribution in [1.82, 2.24) is 9.97 Å². The van der Waals surface area contributed by atoms with Crippen LogP contribution in [-0.4, -0.2) is 28.3 Å².